The van der Waals surface area contributed by atoms with Crippen molar-refractivity contribution in [3.05, 3.63) is 42.7 Å². The molecular formula is C16H22FN3O. The van der Waals surface area contributed by atoms with E-state index in [9.17, 15) is 9.18 Å². The predicted octanol–water partition coefficient (Wildman–Crippen LogP) is 1.64. The van der Waals surface area contributed by atoms with Crippen LogP contribution in [0.3, 0.4) is 0 Å². The quantitative estimate of drug-likeness (QED) is 0.838. The van der Waals surface area contributed by atoms with Crippen LogP contribution in [-0.4, -0.2) is 49.6 Å². The Morgan fingerprint density at radius 1 is 1.33 bits per heavy atom. The van der Waals surface area contributed by atoms with Gasteiger partial charge in [0.2, 0.25) is 5.91 Å². The van der Waals surface area contributed by atoms with Crippen LogP contribution in [0.1, 0.15) is 6.92 Å². The minimum absolute atomic E-state index is 0.0325. The average molecular weight is 291 g/mol. The monoisotopic (exact) mass is 291 g/mol. The van der Waals surface area contributed by atoms with E-state index in [2.05, 4.69) is 21.7 Å². The van der Waals surface area contributed by atoms with Gasteiger partial charge in [-0.1, -0.05) is 6.08 Å². The van der Waals surface area contributed by atoms with Gasteiger partial charge in [-0.3, -0.25) is 9.69 Å². The molecule has 0 spiro atoms. The molecule has 21 heavy (non-hydrogen) atoms. The molecule has 1 unspecified atom stereocenters. The number of nitrogens with zero attached hydrogens (tertiary/aromatic N) is 2. The molecule has 2 rings (SSSR count). The molecule has 4 nitrogen and oxygen atoms in total. The Morgan fingerprint density at radius 3 is 2.52 bits per heavy atom. The van der Waals surface area contributed by atoms with Crippen LogP contribution in [0.25, 0.3) is 0 Å². The van der Waals surface area contributed by atoms with E-state index in [4.69, 9.17) is 0 Å². The molecule has 5 heteroatoms. The Labute approximate surface area is 125 Å². The SMILES string of the molecule is C=CCNC(=O)C(C)N1CCN(c2ccc(F)cc2)CC1. The Balaban J connectivity index is 1.86. The Kier molecular flexibility index (Phi) is 5.33. The molecule has 114 valence electrons. The van der Waals surface area contributed by atoms with Gasteiger partial charge in [0.25, 0.3) is 0 Å². The number of halogens is 1. The van der Waals surface area contributed by atoms with Crippen molar-refractivity contribution in [3.8, 4) is 0 Å². The third kappa shape index (κ3) is 4.04. The maximum atomic E-state index is 12.9. The molecule has 1 aromatic rings. The number of anilines is 1. The molecule has 0 bridgehead atoms. The van der Waals surface area contributed by atoms with Gasteiger partial charge in [0, 0.05) is 38.4 Å². The third-order valence-corrected chi connectivity index (χ3v) is 3.85. The summed E-state index contributed by atoms with van der Waals surface area (Å²) in [5, 5.41) is 2.82. The van der Waals surface area contributed by atoms with Gasteiger partial charge in [-0.15, -0.1) is 6.58 Å². The summed E-state index contributed by atoms with van der Waals surface area (Å²) in [5.41, 5.74) is 1.03. The zero-order chi connectivity index (χ0) is 15.2. The molecule has 1 N–H and O–H groups in total. The molecule has 1 atom stereocenters. The first-order chi connectivity index (χ1) is 10.1. The highest BCUT2D eigenvalue weighted by atomic mass is 19.1. The Morgan fingerprint density at radius 2 is 1.95 bits per heavy atom. The largest absolute Gasteiger partial charge is 0.369 e. The molecule has 1 aliphatic heterocycles. The first kappa shape index (κ1) is 15.5. The predicted molar refractivity (Wildman–Crippen MR) is 82.9 cm³/mol. The maximum absolute atomic E-state index is 12.9. The van der Waals surface area contributed by atoms with Crippen LogP contribution in [0, 0.1) is 5.82 Å². The van der Waals surface area contributed by atoms with Crippen LogP contribution in [0.4, 0.5) is 10.1 Å². The van der Waals surface area contributed by atoms with Crippen LogP contribution in [0.5, 0.6) is 0 Å². The number of rotatable bonds is 5. The van der Waals surface area contributed by atoms with Gasteiger partial charge in [-0.25, -0.2) is 4.39 Å². The molecule has 0 aliphatic carbocycles. The summed E-state index contributed by atoms with van der Waals surface area (Å²) in [6.07, 6.45) is 1.68. The summed E-state index contributed by atoms with van der Waals surface area (Å²) in [5.74, 6) is -0.185. The number of amides is 1. The second-order valence-electron chi connectivity index (χ2n) is 5.21. The lowest BCUT2D eigenvalue weighted by molar-refractivity contribution is -0.125. The van der Waals surface area contributed by atoms with Crippen LogP contribution >= 0.6 is 0 Å². The smallest absolute Gasteiger partial charge is 0.237 e. The number of piperazine rings is 1. The first-order valence-corrected chi connectivity index (χ1v) is 7.25. The summed E-state index contributed by atoms with van der Waals surface area (Å²) in [4.78, 5) is 16.3. The van der Waals surface area contributed by atoms with E-state index in [0.717, 1.165) is 31.9 Å². The van der Waals surface area contributed by atoms with Crippen LogP contribution in [0.15, 0.2) is 36.9 Å². The summed E-state index contributed by atoms with van der Waals surface area (Å²) in [7, 11) is 0. The molecule has 0 saturated carbocycles. The molecule has 1 saturated heterocycles. The van der Waals surface area contributed by atoms with E-state index in [1.54, 1.807) is 18.2 Å². The summed E-state index contributed by atoms with van der Waals surface area (Å²) in [6, 6.07) is 6.41. The molecule has 0 radical (unpaired) electrons. The van der Waals surface area contributed by atoms with Crippen LogP contribution in [0.2, 0.25) is 0 Å². The standard InChI is InChI=1S/C16H22FN3O/c1-3-8-18-16(21)13(2)19-9-11-20(12-10-19)15-6-4-14(17)5-7-15/h3-7,13H,1,8-12H2,2H3,(H,18,21). The molecule has 1 aliphatic rings. The van der Waals surface area contributed by atoms with Crippen molar-refractivity contribution in [1.29, 1.82) is 0 Å². The van der Waals surface area contributed by atoms with Gasteiger partial charge in [-0.2, -0.15) is 0 Å². The highest BCUT2D eigenvalue weighted by Gasteiger charge is 2.25. The number of hydrogen-bond donors (Lipinski definition) is 1. The van der Waals surface area contributed by atoms with E-state index >= 15 is 0 Å². The highest BCUT2D eigenvalue weighted by molar-refractivity contribution is 5.81. The number of carbonyl (C=O) groups is 1. The Bertz CT molecular complexity index is 481. The van der Waals surface area contributed by atoms with Crippen LogP contribution < -0.4 is 10.2 Å². The topological polar surface area (TPSA) is 35.6 Å². The lowest BCUT2D eigenvalue weighted by Crippen LogP contribution is -2.54. The number of carbonyl (C=O) groups excluding carboxylic acids is 1. The van der Waals surface area contributed by atoms with Crippen molar-refractivity contribution < 1.29 is 9.18 Å². The molecule has 0 aromatic heterocycles. The van der Waals surface area contributed by atoms with Crippen LogP contribution in [-0.2, 0) is 4.79 Å². The van der Waals surface area contributed by atoms with E-state index in [0.29, 0.717) is 6.54 Å². The lowest BCUT2D eigenvalue weighted by atomic mass is 10.2. The maximum Gasteiger partial charge on any atom is 0.237 e. The Hall–Kier alpha value is -1.88. The number of benzene rings is 1. The van der Waals surface area contributed by atoms with Gasteiger partial charge in [-0.05, 0) is 31.2 Å². The van der Waals surface area contributed by atoms with Crippen molar-refractivity contribution in [2.75, 3.05) is 37.6 Å². The second kappa shape index (κ2) is 7.22. The van der Waals surface area contributed by atoms with Crippen molar-refractivity contribution in [1.82, 2.24) is 10.2 Å². The summed E-state index contributed by atoms with van der Waals surface area (Å²) >= 11 is 0. The molecule has 1 aromatic carbocycles. The van der Waals surface area contributed by atoms with Gasteiger partial charge < -0.3 is 10.2 Å². The lowest BCUT2D eigenvalue weighted by Gasteiger charge is -2.38. The molecule has 1 fully saturated rings. The molecular weight excluding hydrogens is 269 g/mol. The van der Waals surface area contributed by atoms with Crippen molar-refractivity contribution in [2.24, 2.45) is 0 Å². The third-order valence-electron chi connectivity index (χ3n) is 3.85. The second-order valence-corrected chi connectivity index (χ2v) is 5.21. The summed E-state index contributed by atoms with van der Waals surface area (Å²) < 4.78 is 12.9. The minimum atomic E-state index is -0.218. The fourth-order valence-electron chi connectivity index (χ4n) is 2.51. The van der Waals surface area contributed by atoms with Gasteiger partial charge in [0.15, 0.2) is 0 Å². The van der Waals surface area contributed by atoms with Gasteiger partial charge in [0.1, 0.15) is 5.82 Å². The van der Waals surface area contributed by atoms with E-state index in [-0.39, 0.29) is 17.8 Å². The zero-order valence-corrected chi connectivity index (χ0v) is 12.4. The normalized spacial score (nSPS) is 17.3. The number of nitrogens with one attached hydrogen (secondary N) is 1. The first-order valence-electron chi connectivity index (χ1n) is 7.25. The van der Waals surface area contributed by atoms with Crippen molar-refractivity contribution in [2.45, 2.75) is 13.0 Å². The molecule has 1 heterocycles. The van der Waals surface area contributed by atoms with E-state index < -0.39 is 0 Å². The van der Waals surface area contributed by atoms with Crippen molar-refractivity contribution >= 4 is 11.6 Å². The number of hydrogen-bond acceptors (Lipinski definition) is 3. The zero-order valence-electron chi connectivity index (χ0n) is 12.4. The average Bonchev–Trinajstić information content (AvgIpc) is 2.53. The fraction of sp³-hybridized carbons (Fsp3) is 0.438. The van der Waals surface area contributed by atoms with E-state index in [1.165, 1.54) is 12.1 Å². The summed E-state index contributed by atoms with van der Waals surface area (Å²) in [6.45, 7) is 9.33. The van der Waals surface area contributed by atoms with Gasteiger partial charge >= 0.3 is 0 Å². The highest BCUT2D eigenvalue weighted by Crippen LogP contribution is 2.17. The van der Waals surface area contributed by atoms with E-state index in [1.807, 2.05) is 6.92 Å². The fourth-order valence-corrected chi connectivity index (χ4v) is 2.51. The van der Waals surface area contributed by atoms with Gasteiger partial charge in [0.05, 0.1) is 6.04 Å². The minimum Gasteiger partial charge on any atom is -0.369 e. The molecule has 1 amide bonds. The van der Waals surface area contributed by atoms with Crippen molar-refractivity contribution in [3.63, 3.8) is 0 Å².